The highest BCUT2D eigenvalue weighted by Crippen LogP contribution is 2.44. The summed E-state index contributed by atoms with van der Waals surface area (Å²) in [6.07, 6.45) is 6.80. The van der Waals surface area contributed by atoms with Crippen LogP contribution in [0.15, 0.2) is 18.3 Å². The summed E-state index contributed by atoms with van der Waals surface area (Å²) < 4.78 is 0. The Morgan fingerprint density at radius 2 is 2.05 bits per heavy atom. The molecule has 0 aliphatic heterocycles. The molecule has 2 aliphatic carbocycles. The number of nitrogens with one attached hydrogen (secondary N) is 2. The summed E-state index contributed by atoms with van der Waals surface area (Å²) in [6.45, 7) is 2.83. The molecule has 2 fully saturated rings. The number of aromatic nitrogens is 1. The van der Waals surface area contributed by atoms with Crippen molar-refractivity contribution < 1.29 is 4.79 Å². The molecule has 0 atom stereocenters. The lowest BCUT2D eigenvalue weighted by Gasteiger charge is -2.17. The smallest absolute Gasteiger partial charge is 0.251 e. The molecule has 0 unspecified atom stereocenters. The predicted molar refractivity (Wildman–Crippen MR) is 75.1 cm³/mol. The van der Waals surface area contributed by atoms with Crippen molar-refractivity contribution in [3.63, 3.8) is 0 Å². The Morgan fingerprint density at radius 3 is 2.63 bits per heavy atom. The van der Waals surface area contributed by atoms with E-state index in [2.05, 4.69) is 15.6 Å². The van der Waals surface area contributed by atoms with E-state index in [1.807, 2.05) is 13.0 Å². The molecule has 102 valence electrons. The molecule has 2 aliphatic rings. The maximum Gasteiger partial charge on any atom is 0.251 e. The normalized spacial score (nSPS) is 18.4. The highest BCUT2D eigenvalue weighted by molar-refractivity contribution is 5.95. The van der Waals surface area contributed by atoms with Crippen LogP contribution in [0.2, 0.25) is 0 Å². The maximum atomic E-state index is 12.3. The van der Waals surface area contributed by atoms with Crippen molar-refractivity contribution in [3.05, 3.63) is 23.9 Å². The zero-order chi connectivity index (χ0) is 13.2. The molecule has 1 aromatic rings. The van der Waals surface area contributed by atoms with Crippen LogP contribution in [-0.2, 0) is 0 Å². The van der Waals surface area contributed by atoms with Crippen molar-refractivity contribution in [1.29, 1.82) is 0 Å². The van der Waals surface area contributed by atoms with Crippen LogP contribution in [0.3, 0.4) is 0 Å². The lowest BCUT2D eigenvalue weighted by Crippen LogP contribution is -2.38. The second kappa shape index (κ2) is 5.19. The van der Waals surface area contributed by atoms with Gasteiger partial charge in [0.2, 0.25) is 0 Å². The summed E-state index contributed by atoms with van der Waals surface area (Å²) in [5, 5.41) is 6.37. The largest absolute Gasteiger partial charge is 0.370 e. The SMILES string of the molecule is CCNc1cc(C(=O)NC(C2CC2)C2CC2)ccn1. The van der Waals surface area contributed by atoms with Crippen LogP contribution in [0.5, 0.6) is 0 Å². The minimum atomic E-state index is 0.0466. The van der Waals surface area contributed by atoms with Crippen molar-refractivity contribution in [2.24, 2.45) is 11.8 Å². The summed E-state index contributed by atoms with van der Waals surface area (Å²) >= 11 is 0. The van der Waals surface area contributed by atoms with Crippen LogP contribution in [0, 0.1) is 11.8 Å². The number of carbonyl (C=O) groups excluding carboxylic acids is 1. The first kappa shape index (κ1) is 12.5. The van der Waals surface area contributed by atoms with Gasteiger partial charge in [0.1, 0.15) is 5.82 Å². The molecular formula is C15H21N3O. The molecular weight excluding hydrogens is 238 g/mol. The molecule has 2 N–H and O–H groups in total. The van der Waals surface area contributed by atoms with Gasteiger partial charge in [0, 0.05) is 24.3 Å². The van der Waals surface area contributed by atoms with E-state index >= 15 is 0 Å². The molecule has 0 bridgehead atoms. The van der Waals surface area contributed by atoms with Crippen molar-refractivity contribution >= 4 is 11.7 Å². The highest BCUT2D eigenvalue weighted by atomic mass is 16.1. The summed E-state index contributed by atoms with van der Waals surface area (Å²) in [5.41, 5.74) is 0.706. The number of carbonyl (C=O) groups is 1. The number of amides is 1. The van der Waals surface area contributed by atoms with Crippen LogP contribution in [-0.4, -0.2) is 23.5 Å². The minimum absolute atomic E-state index is 0.0466. The van der Waals surface area contributed by atoms with Gasteiger partial charge in [-0.15, -0.1) is 0 Å². The Kier molecular flexibility index (Phi) is 3.40. The van der Waals surface area contributed by atoms with Gasteiger partial charge in [-0.3, -0.25) is 4.79 Å². The van der Waals surface area contributed by atoms with E-state index in [9.17, 15) is 4.79 Å². The molecule has 0 saturated heterocycles. The van der Waals surface area contributed by atoms with E-state index in [-0.39, 0.29) is 5.91 Å². The second-order valence-corrected chi connectivity index (χ2v) is 5.63. The Hall–Kier alpha value is -1.58. The summed E-state index contributed by atoms with van der Waals surface area (Å²) in [6, 6.07) is 4.02. The number of hydrogen-bond acceptors (Lipinski definition) is 3. The second-order valence-electron chi connectivity index (χ2n) is 5.63. The monoisotopic (exact) mass is 259 g/mol. The summed E-state index contributed by atoms with van der Waals surface area (Å²) in [5.74, 6) is 2.27. The van der Waals surface area contributed by atoms with Crippen molar-refractivity contribution in [1.82, 2.24) is 10.3 Å². The van der Waals surface area contributed by atoms with Crippen LogP contribution in [0.25, 0.3) is 0 Å². The molecule has 0 spiro atoms. The average Bonchev–Trinajstić information content (AvgIpc) is 3.29. The lowest BCUT2D eigenvalue weighted by atomic mass is 10.1. The fourth-order valence-electron chi connectivity index (χ4n) is 2.62. The lowest BCUT2D eigenvalue weighted by molar-refractivity contribution is 0.0926. The molecule has 4 nitrogen and oxygen atoms in total. The first-order valence-corrected chi connectivity index (χ1v) is 7.28. The van der Waals surface area contributed by atoms with E-state index < -0.39 is 0 Å². The van der Waals surface area contributed by atoms with Gasteiger partial charge < -0.3 is 10.6 Å². The van der Waals surface area contributed by atoms with E-state index in [0.717, 1.165) is 24.2 Å². The fourth-order valence-corrected chi connectivity index (χ4v) is 2.62. The van der Waals surface area contributed by atoms with Crippen LogP contribution < -0.4 is 10.6 Å². The van der Waals surface area contributed by atoms with Gasteiger partial charge in [0.25, 0.3) is 5.91 Å². The van der Waals surface area contributed by atoms with Gasteiger partial charge in [-0.2, -0.15) is 0 Å². The van der Waals surface area contributed by atoms with Crippen LogP contribution in [0.1, 0.15) is 43.0 Å². The van der Waals surface area contributed by atoms with Crippen LogP contribution in [0.4, 0.5) is 5.82 Å². The molecule has 0 radical (unpaired) electrons. The average molecular weight is 259 g/mol. The molecule has 1 heterocycles. The van der Waals surface area contributed by atoms with Gasteiger partial charge in [0.15, 0.2) is 0 Å². The zero-order valence-electron chi connectivity index (χ0n) is 11.4. The Labute approximate surface area is 114 Å². The van der Waals surface area contributed by atoms with E-state index in [0.29, 0.717) is 11.6 Å². The highest BCUT2D eigenvalue weighted by Gasteiger charge is 2.42. The van der Waals surface area contributed by atoms with Gasteiger partial charge in [-0.1, -0.05) is 0 Å². The number of anilines is 1. The minimum Gasteiger partial charge on any atom is -0.370 e. The van der Waals surface area contributed by atoms with E-state index in [4.69, 9.17) is 0 Å². The fraction of sp³-hybridized carbons (Fsp3) is 0.600. The van der Waals surface area contributed by atoms with Crippen molar-refractivity contribution in [3.8, 4) is 0 Å². The number of nitrogens with zero attached hydrogens (tertiary/aromatic N) is 1. The molecule has 1 aromatic heterocycles. The number of hydrogen-bond donors (Lipinski definition) is 2. The Bertz CT molecular complexity index is 454. The quantitative estimate of drug-likeness (QED) is 0.825. The van der Waals surface area contributed by atoms with Crippen molar-refractivity contribution in [2.75, 3.05) is 11.9 Å². The van der Waals surface area contributed by atoms with Gasteiger partial charge in [0.05, 0.1) is 0 Å². The molecule has 2 saturated carbocycles. The Balaban J connectivity index is 1.66. The molecule has 3 rings (SSSR count). The molecule has 19 heavy (non-hydrogen) atoms. The van der Waals surface area contributed by atoms with Gasteiger partial charge in [-0.05, 0) is 56.6 Å². The summed E-state index contributed by atoms with van der Waals surface area (Å²) in [7, 11) is 0. The zero-order valence-corrected chi connectivity index (χ0v) is 11.4. The third-order valence-corrected chi connectivity index (χ3v) is 3.94. The van der Waals surface area contributed by atoms with Gasteiger partial charge in [-0.25, -0.2) is 4.98 Å². The summed E-state index contributed by atoms with van der Waals surface area (Å²) in [4.78, 5) is 16.5. The first-order chi connectivity index (χ1) is 9.28. The Morgan fingerprint density at radius 1 is 1.37 bits per heavy atom. The molecule has 4 heteroatoms. The third kappa shape index (κ3) is 3.06. The topological polar surface area (TPSA) is 54.0 Å². The van der Waals surface area contributed by atoms with Crippen LogP contribution >= 0.6 is 0 Å². The number of rotatable bonds is 6. The third-order valence-electron chi connectivity index (χ3n) is 3.94. The van der Waals surface area contributed by atoms with E-state index in [1.54, 1.807) is 12.3 Å². The predicted octanol–water partition coefficient (Wildman–Crippen LogP) is 2.43. The number of pyridine rings is 1. The van der Waals surface area contributed by atoms with Gasteiger partial charge >= 0.3 is 0 Å². The standard InChI is InChI=1S/C15H21N3O/c1-2-16-13-9-12(7-8-17-13)15(19)18-14(10-3-4-10)11-5-6-11/h7-11,14H,2-6H2,1H3,(H,16,17)(H,18,19). The first-order valence-electron chi connectivity index (χ1n) is 7.28. The maximum absolute atomic E-state index is 12.3. The van der Waals surface area contributed by atoms with Crippen molar-refractivity contribution in [2.45, 2.75) is 38.6 Å². The molecule has 0 aromatic carbocycles. The van der Waals surface area contributed by atoms with E-state index in [1.165, 1.54) is 25.7 Å². The molecule has 1 amide bonds.